The minimum atomic E-state index is -0.466. The van der Waals surface area contributed by atoms with Crippen LogP contribution in [0.4, 0.5) is 11.4 Å². The van der Waals surface area contributed by atoms with Gasteiger partial charge in [-0.2, -0.15) is 0 Å². The molecule has 0 aliphatic heterocycles. The Bertz CT molecular complexity index is 1630. The molecule has 5 rings (SSSR count). The zero-order valence-electron chi connectivity index (χ0n) is 19.0. The number of thiophene rings is 1. The Hall–Kier alpha value is -3.76. The van der Waals surface area contributed by atoms with Crippen molar-refractivity contribution in [1.29, 1.82) is 0 Å². The number of hydrogen-bond acceptors (Lipinski definition) is 6. The number of rotatable bonds is 4. The number of fused-ring (bicyclic) bond motifs is 1. The monoisotopic (exact) mass is 564 g/mol. The number of aromatic nitrogens is 2. The molecule has 0 unspecified atom stereocenters. The van der Waals surface area contributed by atoms with Gasteiger partial charge in [-0.15, -0.1) is 21.5 Å². The minimum absolute atomic E-state index is 0.133. The van der Waals surface area contributed by atoms with Gasteiger partial charge in [0, 0.05) is 21.5 Å². The van der Waals surface area contributed by atoms with Gasteiger partial charge in [0.15, 0.2) is 5.11 Å². The number of halogens is 2. The molecule has 2 heterocycles. The molecule has 0 atom stereocenters. The summed E-state index contributed by atoms with van der Waals surface area (Å²) in [6.45, 7) is 0. The summed E-state index contributed by atoms with van der Waals surface area (Å²) >= 11 is 18.5. The maximum Gasteiger partial charge on any atom is 0.281 e. The first-order valence-electron chi connectivity index (χ1n) is 10.9. The van der Waals surface area contributed by atoms with E-state index in [1.54, 1.807) is 18.2 Å². The molecule has 3 aromatic carbocycles. The summed E-state index contributed by atoms with van der Waals surface area (Å²) in [6, 6.07) is 24.4. The molecule has 5 aromatic rings. The summed E-state index contributed by atoms with van der Waals surface area (Å²) in [5, 5.41) is 13.5. The minimum Gasteiger partial charge on any atom is -0.397 e. The quantitative estimate of drug-likeness (QED) is 0.145. The summed E-state index contributed by atoms with van der Waals surface area (Å²) in [7, 11) is 0. The number of benzene rings is 3. The number of thiocarbonyl (C=S) groups is 1. The van der Waals surface area contributed by atoms with Gasteiger partial charge in [0.25, 0.3) is 5.91 Å². The molecular formula is C26H18Cl2N6OS2. The maximum absolute atomic E-state index is 13.1. The number of carbonyl (C=O) groups excluding carboxylic acids is 1. The van der Waals surface area contributed by atoms with Gasteiger partial charge in [-0.3, -0.25) is 15.6 Å². The topological polar surface area (TPSA) is 105 Å². The van der Waals surface area contributed by atoms with Gasteiger partial charge in [-0.05, 0) is 36.0 Å². The Balaban J connectivity index is 1.46. The second-order valence-electron chi connectivity index (χ2n) is 7.84. The van der Waals surface area contributed by atoms with Gasteiger partial charge >= 0.3 is 0 Å². The first kappa shape index (κ1) is 24.9. The van der Waals surface area contributed by atoms with Crippen LogP contribution in [0.1, 0.15) is 9.67 Å². The number of nitrogens with one attached hydrogen (secondary N) is 3. The van der Waals surface area contributed by atoms with Gasteiger partial charge < -0.3 is 11.1 Å². The molecule has 0 saturated heterocycles. The third-order valence-corrected chi connectivity index (χ3v) is 7.28. The summed E-state index contributed by atoms with van der Waals surface area (Å²) < 4.78 is 0. The van der Waals surface area contributed by atoms with Gasteiger partial charge in [-0.1, -0.05) is 83.9 Å². The average Bonchev–Trinajstić information content (AvgIpc) is 3.26. The van der Waals surface area contributed by atoms with E-state index in [9.17, 15) is 4.79 Å². The van der Waals surface area contributed by atoms with Crippen molar-refractivity contribution in [3.05, 3.63) is 93.8 Å². The molecule has 184 valence electrons. The molecule has 0 saturated carbocycles. The first-order valence-corrected chi connectivity index (χ1v) is 12.9. The lowest BCUT2D eigenvalue weighted by Gasteiger charge is -2.13. The van der Waals surface area contributed by atoms with Crippen LogP contribution in [-0.4, -0.2) is 21.2 Å². The van der Waals surface area contributed by atoms with E-state index >= 15 is 0 Å². The highest BCUT2D eigenvalue weighted by Gasteiger charge is 2.24. The molecule has 0 fully saturated rings. The predicted octanol–water partition coefficient (Wildman–Crippen LogP) is 6.55. The smallest absolute Gasteiger partial charge is 0.281 e. The molecule has 1 amide bonds. The van der Waals surface area contributed by atoms with Crippen molar-refractivity contribution in [2.24, 2.45) is 0 Å². The maximum atomic E-state index is 13.1. The predicted molar refractivity (Wildman–Crippen MR) is 156 cm³/mol. The number of nitrogen functional groups attached to an aromatic ring is 1. The standard InChI is InChI=1S/C26H18Cl2N6OS2/c27-16-11-12-18(17(28)13-16)30-26(36)34-32-24(35)23-21(29)20-19(14-7-3-1-4-8-14)22(31-33-25(20)37-23)15-9-5-2-6-10-15/h1-13H,29H2,(H,32,35)(H2,30,34,36). The van der Waals surface area contributed by atoms with Crippen molar-refractivity contribution >= 4 is 79.4 Å². The Morgan fingerprint density at radius 1 is 0.892 bits per heavy atom. The molecule has 5 N–H and O–H groups in total. The zero-order chi connectivity index (χ0) is 25.9. The van der Waals surface area contributed by atoms with E-state index in [4.69, 9.17) is 41.2 Å². The number of nitrogens with two attached hydrogens (primary N) is 1. The van der Waals surface area contributed by atoms with E-state index in [-0.39, 0.29) is 9.99 Å². The zero-order valence-corrected chi connectivity index (χ0v) is 22.1. The van der Waals surface area contributed by atoms with E-state index in [2.05, 4.69) is 26.4 Å². The molecule has 0 aliphatic carbocycles. The van der Waals surface area contributed by atoms with Crippen LogP contribution >= 0.6 is 46.8 Å². The summed E-state index contributed by atoms with van der Waals surface area (Å²) in [5.41, 5.74) is 16.0. The van der Waals surface area contributed by atoms with Crippen molar-refractivity contribution in [2.45, 2.75) is 0 Å². The number of hydrogen-bond donors (Lipinski definition) is 4. The van der Waals surface area contributed by atoms with E-state index in [0.29, 0.717) is 37.3 Å². The van der Waals surface area contributed by atoms with Crippen molar-refractivity contribution in [3.8, 4) is 22.4 Å². The van der Waals surface area contributed by atoms with Gasteiger partial charge in [0.1, 0.15) is 15.4 Å². The third kappa shape index (κ3) is 5.21. The van der Waals surface area contributed by atoms with Crippen molar-refractivity contribution in [1.82, 2.24) is 21.0 Å². The molecule has 7 nitrogen and oxygen atoms in total. The fourth-order valence-corrected chi connectivity index (χ4v) is 5.34. The van der Waals surface area contributed by atoms with Crippen LogP contribution < -0.4 is 21.9 Å². The second kappa shape index (κ2) is 10.7. The summed E-state index contributed by atoms with van der Waals surface area (Å²) in [6.07, 6.45) is 0. The average molecular weight is 566 g/mol. The SMILES string of the molecule is Nc1c(C(=O)NNC(=S)Nc2ccc(Cl)cc2Cl)sc2nnc(-c3ccccc3)c(-c3ccccc3)c12. The lowest BCUT2D eigenvalue weighted by molar-refractivity contribution is 0.0949. The first-order chi connectivity index (χ1) is 17.9. The number of amides is 1. The van der Waals surface area contributed by atoms with Crippen LogP contribution in [0.15, 0.2) is 78.9 Å². The third-order valence-electron chi connectivity index (χ3n) is 5.44. The number of hydrazine groups is 1. The molecule has 0 spiro atoms. The highest BCUT2D eigenvalue weighted by Crippen LogP contribution is 2.42. The lowest BCUT2D eigenvalue weighted by Crippen LogP contribution is -2.43. The van der Waals surface area contributed by atoms with Crippen molar-refractivity contribution in [3.63, 3.8) is 0 Å². The normalized spacial score (nSPS) is 10.8. The summed E-state index contributed by atoms with van der Waals surface area (Å²) in [4.78, 5) is 13.9. The van der Waals surface area contributed by atoms with Crippen molar-refractivity contribution in [2.75, 3.05) is 11.1 Å². The van der Waals surface area contributed by atoms with Crippen LogP contribution in [0.3, 0.4) is 0 Å². The molecule has 37 heavy (non-hydrogen) atoms. The van der Waals surface area contributed by atoms with Crippen LogP contribution in [0.2, 0.25) is 10.0 Å². The fraction of sp³-hybridized carbons (Fsp3) is 0. The highest BCUT2D eigenvalue weighted by molar-refractivity contribution is 7.80. The second-order valence-corrected chi connectivity index (χ2v) is 10.1. The van der Waals surface area contributed by atoms with Gasteiger partial charge in [-0.25, -0.2) is 0 Å². The van der Waals surface area contributed by atoms with Crippen LogP contribution in [0.5, 0.6) is 0 Å². The molecule has 0 aliphatic rings. The van der Waals surface area contributed by atoms with Gasteiger partial charge in [0.2, 0.25) is 0 Å². The molecule has 0 radical (unpaired) electrons. The van der Waals surface area contributed by atoms with Crippen LogP contribution in [0.25, 0.3) is 32.6 Å². The fourth-order valence-electron chi connectivity index (χ4n) is 3.77. The van der Waals surface area contributed by atoms with Gasteiger partial charge in [0.05, 0.1) is 16.4 Å². The molecule has 0 bridgehead atoms. The Morgan fingerprint density at radius 3 is 2.24 bits per heavy atom. The Labute approximate surface area is 231 Å². The Kier molecular flexibility index (Phi) is 7.20. The lowest BCUT2D eigenvalue weighted by atomic mass is 9.96. The summed E-state index contributed by atoms with van der Waals surface area (Å²) in [5.74, 6) is -0.466. The largest absolute Gasteiger partial charge is 0.397 e. The Morgan fingerprint density at radius 2 is 1.57 bits per heavy atom. The van der Waals surface area contributed by atoms with E-state index < -0.39 is 5.91 Å². The highest BCUT2D eigenvalue weighted by atomic mass is 35.5. The van der Waals surface area contributed by atoms with Crippen LogP contribution in [-0.2, 0) is 0 Å². The van der Waals surface area contributed by atoms with E-state index in [0.717, 1.165) is 28.0 Å². The number of anilines is 2. The van der Waals surface area contributed by atoms with E-state index in [1.807, 2.05) is 60.7 Å². The molecular weight excluding hydrogens is 547 g/mol. The number of nitrogens with zero attached hydrogens (tertiary/aromatic N) is 2. The number of carbonyl (C=O) groups is 1. The molecule has 11 heteroatoms. The van der Waals surface area contributed by atoms with Crippen LogP contribution in [0, 0.1) is 0 Å². The van der Waals surface area contributed by atoms with E-state index in [1.165, 1.54) is 0 Å². The van der Waals surface area contributed by atoms with Crippen molar-refractivity contribution < 1.29 is 4.79 Å². The molecule has 2 aromatic heterocycles.